The van der Waals surface area contributed by atoms with Gasteiger partial charge < -0.3 is 4.74 Å². The van der Waals surface area contributed by atoms with Crippen LogP contribution in [0.1, 0.15) is 81.4 Å². The highest BCUT2D eigenvalue weighted by molar-refractivity contribution is 5.71. The lowest BCUT2D eigenvalue weighted by Gasteiger charge is -2.28. The summed E-state index contributed by atoms with van der Waals surface area (Å²) in [7, 11) is 0. The molecule has 0 bridgehead atoms. The molecule has 0 N–H and O–H groups in total. The molecule has 1 nitrogen and oxygen atoms in total. The molecule has 3 aromatic rings. The van der Waals surface area contributed by atoms with Crippen LogP contribution in [-0.4, -0.2) is 0 Å². The second-order valence-electron chi connectivity index (χ2n) is 11.0. The fourth-order valence-electron chi connectivity index (χ4n) is 5.72. The van der Waals surface area contributed by atoms with Crippen LogP contribution in [0.2, 0.25) is 0 Å². The predicted octanol–water partition coefficient (Wildman–Crippen LogP) is 11.1. The maximum absolute atomic E-state index is 15.2. The largest absolute Gasteiger partial charge is 0.428 e. The molecule has 1 aliphatic carbocycles. The zero-order valence-electron chi connectivity index (χ0n) is 23.1. The van der Waals surface area contributed by atoms with E-state index in [4.69, 9.17) is 4.74 Å². The van der Waals surface area contributed by atoms with Crippen molar-refractivity contribution in [1.82, 2.24) is 0 Å². The summed E-state index contributed by atoms with van der Waals surface area (Å²) in [5, 5.41) is 0. The van der Waals surface area contributed by atoms with Crippen molar-refractivity contribution in [3.8, 4) is 16.9 Å². The summed E-state index contributed by atoms with van der Waals surface area (Å²) < 4.78 is 103. The van der Waals surface area contributed by atoms with Crippen molar-refractivity contribution in [1.29, 1.82) is 0 Å². The fraction of sp³-hybridized carbons (Fsp3) is 0.455. The molecule has 0 spiro atoms. The van der Waals surface area contributed by atoms with Crippen LogP contribution in [0.5, 0.6) is 5.75 Å². The first-order chi connectivity index (χ1) is 19.5. The molecular weight excluding hydrogens is 545 g/mol. The van der Waals surface area contributed by atoms with Crippen molar-refractivity contribution >= 4 is 0 Å². The second-order valence-corrected chi connectivity index (χ2v) is 11.0. The highest BCUT2D eigenvalue weighted by Gasteiger charge is 2.39. The lowest BCUT2D eigenvalue weighted by molar-refractivity contribution is -0.185. The van der Waals surface area contributed by atoms with Crippen LogP contribution in [0.3, 0.4) is 0 Å². The first-order valence-corrected chi connectivity index (χ1v) is 14.3. The normalized spacial score (nSPS) is 18.0. The molecule has 1 saturated carbocycles. The van der Waals surface area contributed by atoms with Gasteiger partial charge in [0.25, 0.3) is 0 Å². The third-order valence-corrected chi connectivity index (χ3v) is 8.08. The first-order valence-electron chi connectivity index (χ1n) is 14.3. The Bertz CT molecular complexity index is 1250. The van der Waals surface area contributed by atoms with Gasteiger partial charge in [-0.15, -0.1) is 0 Å². The lowest BCUT2D eigenvalue weighted by atomic mass is 9.78. The van der Waals surface area contributed by atoms with Crippen LogP contribution < -0.4 is 4.74 Å². The second kappa shape index (κ2) is 13.3. The number of aryl methyl sites for hydroxylation is 1. The van der Waals surface area contributed by atoms with Gasteiger partial charge in [0.1, 0.15) is 22.9 Å². The van der Waals surface area contributed by atoms with Crippen LogP contribution in [0.25, 0.3) is 11.1 Å². The van der Waals surface area contributed by atoms with Gasteiger partial charge in [0.2, 0.25) is 0 Å². The molecule has 1 aliphatic rings. The third-order valence-electron chi connectivity index (χ3n) is 8.08. The third kappa shape index (κ3) is 8.04. The van der Waals surface area contributed by atoms with Crippen molar-refractivity contribution in [3.63, 3.8) is 0 Å². The van der Waals surface area contributed by atoms with Gasteiger partial charge in [0.15, 0.2) is 0 Å². The Hall–Kier alpha value is -3.03. The van der Waals surface area contributed by atoms with Crippen LogP contribution in [-0.2, 0) is 18.7 Å². The van der Waals surface area contributed by atoms with E-state index < -0.39 is 40.8 Å². The fourth-order valence-corrected chi connectivity index (χ4v) is 5.72. The summed E-state index contributed by atoms with van der Waals surface area (Å²) in [6.45, 7) is 2.22. The monoisotopic (exact) mass is 580 g/mol. The minimum atomic E-state index is -5.24. The average molecular weight is 581 g/mol. The number of para-hydroxylation sites is 1. The van der Waals surface area contributed by atoms with Gasteiger partial charge in [-0.2, -0.15) is 22.0 Å². The van der Waals surface area contributed by atoms with E-state index in [1.54, 1.807) is 12.1 Å². The molecule has 0 heterocycles. The molecule has 222 valence electrons. The van der Waals surface area contributed by atoms with Crippen LogP contribution in [0.4, 0.5) is 30.7 Å². The van der Waals surface area contributed by atoms with Crippen molar-refractivity contribution in [3.05, 3.63) is 89.0 Å². The van der Waals surface area contributed by atoms with E-state index in [-0.39, 0.29) is 11.1 Å². The van der Waals surface area contributed by atoms with Crippen molar-refractivity contribution in [2.24, 2.45) is 11.8 Å². The van der Waals surface area contributed by atoms with E-state index in [9.17, 15) is 22.0 Å². The van der Waals surface area contributed by atoms with E-state index in [0.29, 0.717) is 18.1 Å². The average Bonchev–Trinajstić information content (AvgIpc) is 2.92. The number of unbranched alkanes of at least 4 members (excludes halogenated alkanes) is 2. The highest BCUT2D eigenvalue weighted by atomic mass is 19.4. The molecular formula is C33H35F7O. The van der Waals surface area contributed by atoms with Crippen LogP contribution in [0, 0.1) is 23.5 Å². The molecule has 0 atom stereocenters. The van der Waals surface area contributed by atoms with E-state index in [1.807, 2.05) is 0 Å². The number of halogens is 7. The summed E-state index contributed by atoms with van der Waals surface area (Å²) in [6.07, 6.45) is 2.91. The van der Waals surface area contributed by atoms with Gasteiger partial charge in [0, 0.05) is 5.56 Å². The van der Waals surface area contributed by atoms with Crippen LogP contribution >= 0.6 is 0 Å². The Morgan fingerprint density at radius 2 is 1.34 bits per heavy atom. The van der Waals surface area contributed by atoms with Gasteiger partial charge in [-0.25, -0.2) is 8.78 Å². The molecule has 3 aromatic carbocycles. The Balaban J connectivity index is 1.39. The smallest absolute Gasteiger partial charge is 0.426 e. The van der Waals surface area contributed by atoms with E-state index in [2.05, 4.69) is 6.92 Å². The molecule has 0 aliphatic heterocycles. The topological polar surface area (TPSA) is 9.23 Å². The van der Waals surface area contributed by atoms with Crippen molar-refractivity contribution in [2.75, 3.05) is 0 Å². The summed E-state index contributed by atoms with van der Waals surface area (Å²) in [4.78, 5) is 0. The van der Waals surface area contributed by atoms with Gasteiger partial charge in [-0.05, 0) is 66.1 Å². The number of alkyl halides is 5. The standard InChI is InChI=1S/C33H35F7O/c1-2-3-4-7-22-10-12-23(13-11-22)14-15-24-16-18-26(19-17-24)33(39,40)41-30-9-6-5-8-27(30)25-20-28(34)31(29(35)21-25)32(36,37)38/h5-6,8-9,16-23H,2-4,7,10-15H2,1H3/t22-,23-. The molecule has 0 amide bonds. The number of ether oxygens (including phenoxy) is 1. The molecule has 0 radical (unpaired) electrons. The Morgan fingerprint density at radius 1 is 0.756 bits per heavy atom. The van der Waals surface area contributed by atoms with Gasteiger partial charge in [0.05, 0.1) is 5.56 Å². The van der Waals surface area contributed by atoms with Gasteiger partial charge in [-0.1, -0.05) is 88.6 Å². The zero-order valence-corrected chi connectivity index (χ0v) is 23.1. The maximum atomic E-state index is 15.2. The molecule has 0 unspecified atom stereocenters. The Labute approximate surface area is 236 Å². The summed E-state index contributed by atoms with van der Waals surface area (Å²) >= 11 is 0. The van der Waals surface area contributed by atoms with Gasteiger partial charge in [-0.3, -0.25) is 0 Å². The van der Waals surface area contributed by atoms with Crippen LogP contribution in [0.15, 0.2) is 60.7 Å². The highest BCUT2D eigenvalue weighted by Crippen LogP contribution is 2.41. The van der Waals surface area contributed by atoms with E-state index in [1.165, 1.54) is 87.8 Å². The van der Waals surface area contributed by atoms with Crippen molar-refractivity contribution in [2.45, 2.75) is 83.4 Å². The molecule has 4 rings (SSSR count). The Morgan fingerprint density at radius 3 is 1.93 bits per heavy atom. The van der Waals surface area contributed by atoms with E-state index in [0.717, 1.165) is 24.3 Å². The lowest BCUT2D eigenvalue weighted by Crippen LogP contribution is -2.22. The maximum Gasteiger partial charge on any atom is 0.426 e. The Kier molecular flexibility index (Phi) is 10.0. The summed E-state index contributed by atoms with van der Waals surface area (Å²) in [5.74, 6) is -2.63. The summed E-state index contributed by atoms with van der Waals surface area (Å²) in [6, 6.07) is 12.0. The SMILES string of the molecule is CCCCC[C@H]1CC[C@H](CCc2ccc(C(F)(F)Oc3ccccc3-c3cc(F)c(C(F)(F)F)c(F)c3)cc2)CC1. The van der Waals surface area contributed by atoms with E-state index >= 15 is 8.78 Å². The van der Waals surface area contributed by atoms with Gasteiger partial charge >= 0.3 is 12.3 Å². The molecule has 0 saturated heterocycles. The predicted molar refractivity (Wildman–Crippen MR) is 146 cm³/mol. The van der Waals surface area contributed by atoms with Crippen molar-refractivity contribution < 1.29 is 35.5 Å². The minimum absolute atomic E-state index is 0.171. The molecule has 8 heteroatoms. The zero-order chi connectivity index (χ0) is 29.6. The molecule has 41 heavy (non-hydrogen) atoms. The quantitative estimate of drug-likeness (QED) is 0.162. The molecule has 1 fully saturated rings. The number of rotatable bonds is 11. The number of hydrogen-bond donors (Lipinski definition) is 0. The summed E-state index contributed by atoms with van der Waals surface area (Å²) in [5.41, 5.74) is -2.03. The first kappa shape index (κ1) is 30.9. The number of benzene rings is 3. The molecule has 0 aromatic heterocycles. The number of hydrogen-bond acceptors (Lipinski definition) is 1. The minimum Gasteiger partial charge on any atom is -0.428 e.